The smallest absolute Gasteiger partial charge is 0.283 e. The summed E-state index contributed by atoms with van der Waals surface area (Å²) in [6.07, 6.45) is 3.56. The molecule has 4 rings (SSSR count). The first-order chi connectivity index (χ1) is 13.4. The molecule has 0 saturated carbocycles. The number of fused-ring (bicyclic) bond motifs is 1. The van der Waals surface area contributed by atoms with E-state index in [9.17, 15) is 9.18 Å². The molecule has 0 spiro atoms. The van der Waals surface area contributed by atoms with Crippen LogP contribution in [-0.2, 0) is 4.79 Å². The van der Waals surface area contributed by atoms with E-state index in [0.29, 0.717) is 5.17 Å². The number of carbonyl (C=O) groups is 1. The van der Waals surface area contributed by atoms with Crippen molar-refractivity contribution >= 4 is 50.9 Å². The fraction of sp³-hybridized carbons (Fsp3) is 0.158. The van der Waals surface area contributed by atoms with Gasteiger partial charge in [0.15, 0.2) is 10.2 Å². The van der Waals surface area contributed by atoms with Crippen molar-refractivity contribution in [1.82, 2.24) is 9.58 Å². The Labute approximate surface area is 169 Å². The lowest BCUT2D eigenvalue weighted by Gasteiger charge is -2.20. The Morgan fingerprint density at radius 3 is 2.64 bits per heavy atom. The van der Waals surface area contributed by atoms with Crippen LogP contribution < -0.4 is 0 Å². The first-order valence-corrected chi connectivity index (χ1v) is 10.4. The fourth-order valence-electron chi connectivity index (χ4n) is 3.13. The predicted octanol–water partition coefficient (Wildman–Crippen LogP) is 4.17. The molecule has 1 aromatic carbocycles. The maximum Gasteiger partial charge on any atom is 0.283 e. The van der Waals surface area contributed by atoms with E-state index in [4.69, 9.17) is 5.41 Å². The van der Waals surface area contributed by atoms with Gasteiger partial charge in [-0.2, -0.15) is 10.0 Å². The third-order valence-electron chi connectivity index (χ3n) is 4.47. The van der Waals surface area contributed by atoms with Crippen LogP contribution in [0, 0.1) is 25.1 Å². The molecular weight excluding hydrogens is 397 g/mol. The molecule has 1 amide bonds. The van der Waals surface area contributed by atoms with Gasteiger partial charge in [-0.05, 0) is 73.8 Å². The van der Waals surface area contributed by atoms with Crippen LogP contribution in [0.4, 0.5) is 4.39 Å². The number of aliphatic imine (C=N–C) groups is 1. The van der Waals surface area contributed by atoms with Crippen molar-refractivity contribution in [2.45, 2.75) is 13.8 Å². The number of rotatable bonds is 2. The third-order valence-corrected chi connectivity index (χ3v) is 6.35. The van der Waals surface area contributed by atoms with Gasteiger partial charge in [-0.1, -0.05) is 0 Å². The van der Waals surface area contributed by atoms with E-state index in [2.05, 4.69) is 10.1 Å². The fourth-order valence-corrected chi connectivity index (χ4v) is 4.48. The van der Waals surface area contributed by atoms with E-state index in [1.54, 1.807) is 18.2 Å². The Morgan fingerprint density at radius 1 is 1.25 bits per heavy atom. The normalized spacial score (nSPS) is 17.9. The molecule has 6 nitrogen and oxygen atoms in total. The number of thioether (sulfide) groups is 2. The monoisotopic (exact) mass is 413 g/mol. The second-order valence-corrected chi connectivity index (χ2v) is 8.24. The number of aryl methyl sites for hydroxylation is 1. The van der Waals surface area contributed by atoms with Crippen molar-refractivity contribution in [2.24, 2.45) is 10.1 Å². The highest BCUT2D eigenvalue weighted by atomic mass is 32.2. The van der Waals surface area contributed by atoms with E-state index in [-0.39, 0.29) is 17.2 Å². The molecule has 0 bridgehead atoms. The van der Waals surface area contributed by atoms with E-state index < -0.39 is 5.91 Å². The van der Waals surface area contributed by atoms with Gasteiger partial charge in [0.2, 0.25) is 5.17 Å². The Balaban J connectivity index is 1.75. The van der Waals surface area contributed by atoms with Crippen LogP contribution in [0.25, 0.3) is 11.8 Å². The molecule has 0 unspecified atom stereocenters. The SMILES string of the molecule is CSC1=NN2C(=N)/C(=C\c3cc(C)n(-c4ccc(F)cc4)c3C)C(=O)N=C2S1. The molecule has 0 radical (unpaired) electrons. The molecule has 2 aliphatic heterocycles. The largest absolute Gasteiger partial charge is 0.318 e. The zero-order valence-electron chi connectivity index (χ0n) is 15.4. The van der Waals surface area contributed by atoms with E-state index >= 15 is 0 Å². The Kier molecular flexibility index (Phi) is 4.72. The maximum atomic E-state index is 13.3. The summed E-state index contributed by atoms with van der Waals surface area (Å²) >= 11 is 2.73. The molecule has 142 valence electrons. The van der Waals surface area contributed by atoms with Crippen LogP contribution in [-0.4, -0.2) is 37.1 Å². The Bertz CT molecular complexity index is 1100. The molecule has 0 fully saturated rings. The lowest BCUT2D eigenvalue weighted by molar-refractivity contribution is -0.114. The average molecular weight is 414 g/mol. The van der Waals surface area contributed by atoms with Gasteiger partial charge in [-0.3, -0.25) is 10.2 Å². The van der Waals surface area contributed by atoms with Crippen molar-refractivity contribution in [3.8, 4) is 5.69 Å². The second-order valence-electron chi connectivity index (χ2n) is 6.23. The average Bonchev–Trinajstić information content (AvgIpc) is 3.20. The number of halogens is 1. The summed E-state index contributed by atoms with van der Waals surface area (Å²) in [6.45, 7) is 3.86. The van der Waals surface area contributed by atoms with E-state index in [1.807, 2.05) is 30.7 Å². The number of aromatic nitrogens is 1. The standard InChI is InChI=1S/C19H16FN5OS2/c1-10-8-12(11(2)24(10)14-6-4-13(20)5-7-14)9-15-16(21)25-18(22-17(15)26)28-19(23-25)27-3/h4-9,21H,1-3H3/b15-9+,21-16?. The van der Waals surface area contributed by atoms with E-state index in [1.165, 1.54) is 40.7 Å². The van der Waals surface area contributed by atoms with Crippen LogP contribution in [0.3, 0.4) is 0 Å². The van der Waals surface area contributed by atoms with Crippen molar-refractivity contribution in [3.05, 3.63) is 58.7 Å². The summed E-state index contributed by atoms with van der Waals surface area (Å²) in [4.78, 5) is 16.6. The number of amidine groups is 2. The summed E-state index contributed by atoms with van der Waals surface area (Å²) < 4.78 is 16.0. The summed E-state index contributed by atoms with van der Waals surface area (Å²) in [5.74, 6) is -0.733. The van der Waals surface area contributed by atoms with Gasteiger partial charge in [-0.15, -0.1) is 16.9 Å². The quantitative estimate of drug-likeness (QED) is 0.750. The predicted molar refractivity (Wildman–Crippen MR) is 114 cm³/mol. The number of amides is 1. The summed E-state index contributed by atoms with van der Waals surface area (Å²) in [7, 11) is 0. The number of carbonyl (C=O) groups excluding carboxylic acids is 1. The van der Waals surface area contributed by atoms with Gasteiger partial charge >= 0.3 is 0 Å². The summed E-state index contributed by atoms with van der Waals surface area (Å²) in [6, 6.07) is 8.17. The van der Waals surface area contributed by atoms with Gasteiger partial charge in [0.05, 0.1) is 5.57 Å². The molecule has 1 N–H and O–H groups in total. The second kappa shape index (κ2) is 7.06. The van der Waals surface area contributed by atoms with Crippen molar-refractivity contribution in [1.29, 1.82) is 5.41 Å². The summed E-state index contributed by atoms with van der Waals surface area (Å²) in [5.41, 5.74) is 3.64. The molecule has 0 aliphatic carbocycles. The molecule has 9 heteroatoms. The number of benzene rings is 1. The molecule has 2 aromatic rings. The van der Waals surface area contributed by atoms with Gasteiger partial charge in [0.1, 0.15) is 5.82 Å². The first-order valence-electron chi connectivity index (χ1n) is 8.38. The van der Waals surface area contributed by atoms with Gasteiger partial charge < -0.3 is 4.57 Å². The van der Waals surface area contributed by atoms with Crippen molar-refractivity contribution < 1.29 is 9.18 Å². The topological polar surface area (TPSA) is 73.8 Å². The van der Waals surface area contributed by atoms with Crippen LogP contribution in [0.2, 0.25) is 0 Å². The molecule has 28 heavy (non-hydrogen) atoms. The highest BCUT2D eigenvalue weighted by molar-refractivity contribution is 8.45. The lowest BCUT2D eigenvalue weighted by atomic mass is 10.1. The van der Waals surface area contributed by atoms with Gasteiger partial charge in [-0.25, -0.2) is 4.39 Å². The first kappa shape index (κ1) is 18.7. The van der Waals surface area contributed by atoms with E-state index in [0.717, 1.165) is 27.0 Å². The molecule has 0 saturated heterocycles. The van der Waals surface area contributed by atoms with Crippen molar-refractivity contribution in [3.63, 3.8) is 0 Å². The molecular formula is C19H16FN5OS2. The lowest BCUT2D eigenvalue weighted by Crippen LogP contribution is -2.35. The summed E-state index contributed by atoms with van der Waals surface area (Å²) in [5, 5.41) is 14.5. The number of hydrogen-bond acceptors (Lipinski definition) is 5. The van der Waals surface area contributed by atoms with Crippen molar-refractivity contribution in [2.75, 3.05) is 6.26 Å². The molecule has 1 aromatic heterocycles. The Morgan fingerprint density at radius 2 is 1.96 bits per heavy atom. The minimum Gasteiger partial charge on any atom is -0.318 e. The van der Waals surface area contributed by atoms with Gasteiger partial charge in [0.25, 0.3) is 5.91 Å². The molecule has 0 atom stereocenters. The number of hydrogen-bond donors (Lipinski definition) is 1. The highest BCUT2D eigenvalue weighted by Crippen LogP contribution is 2.32. The van der Waals surface area contributed by atoms with Crippen LogP contribution in [0.5, 0.6) is 0 Å². The Hall–Kier alpha value is -2.65. The van der Waals surface area contributed by atoms with Crippen LogP contribution >= 0.6 is 23.5 Å². The number of nitrogens with one attached hydrogen (secondary N) is 1. The number of nitrogens with zero attached hydrogens (tertiary/aromatic N) is 4. The molecule has 2 aliphatic rings. The maximum absolute atomic E-state index is 13.3. The minimum absolute atomic E-state index is 0.0122. The highest BCUT2D eigenvalue weighted by Gasteiger charge is 2.35. The molecule has 3 heterocycles. The minimum atomic E-state index is -0.451. The van der Waals surface area contributed by atoms with Crippen LogP contribution in [0.1, 0.15) is 17.0 Å². The van der Waals surface area contributed by atoms with Crippen LogP contribution in [0.15, 0.2) is 46.0 Å². The zero-order chi connectivity index (χ0) is 20.0. The van der Waals surface area contributed by atoms with Gasteiger partial charge in [0, 0.05) is 17.1 Å². The zero-order valence-corrected chi connectivity index (χ0v) is 17.0. The third kappa shape index (κ3) is 3.10. The number of hydrazone groups is 1.